The number of rotatable bonds is 2. The third kappa shape index (κ3) is 2.12. The zero-order valence-corrected chi connectivity index (χ0v) is 11.1. The van der Waals surface area contributed by atoms with Gasteiger partial charge in [-0.2, -0.15) is 0 Å². The van der Waals surface area contributed by atoms with Gasteiger partial charge in [0.15, 0.2) is 6.23 Å². The summed E-state index contributed by atoms with van der Waals surface area (Å²) in [6.07, 6.45) is -3.93. The lowest BCUT2D eigenvalue weighted by Gasteiger charge is -2.16. The van der Waals surface area contributed by atoms with Gasteiger partial charge in [0.2, 0.25) is 0 Å². The molecule has 0 aliphatic carbocycles. The molecule has 0 saturated carbocycles. The van der Waals surface area contributed by atoms with E-state index < -0.39 is 42.4 Å². The zero-order valence-electron chi connectivity index (χ0n) is 8.99. The molecular formula is C9H11IN2O6. The number of nitrogens with one attached hydrogen (secondary N) is 1. The van der Waals surface area contributed by atoms with Crippen LogP contribution < -0.4 is 11.2 Å². The van der Waals surface area contributed by atoms with Crippen LogP contribution in [0, 0.1) is 3.57 Å². The second-order valence-electron chi connectivity index (χ2n) is 3.85. The molecule has 0 unspecified atom stereocenters. The van der Waals surface area contributed by atoms with Crippen LogP contribution in [-0.2, 0) is 4.74 Å². The maximum atomic E-state index is 11.8. The fourth-order valence-electron chi connectivity index (χ4n) is 1.79. The molecule has 1 aliphatic heterocycles. The summed E-state index contributed by atoms with van der Waals surface area (Å²) in [6.45, 7) is -0.523. The topological polar surface area (TPSA) is 125 Å². The van der Waals surface area contributed by atoms with Gasteiger partial charge in [0.05, 0.1) is 10.2 Å². The lowest BCUT2D eigenvalue weighted by Crippen LogP contribution is -2.43. The Morgan fingerprint density at radius 1 is 1.39 bits per heavy atom. The van der Waals surface area contributed by atoms with Crippen LogP contribution in [-0.4, -0.2) is 49.8 Å². The minimum absolute atomic E-state index is 0.241. The fraction of sp³-hybridized carbons (Fsp3) is 0.556. The molecule has 0 spiro atoms. The Labute approximate surface area is 114 Å². The third-order valence-electron chi connectivity index (χ3n) is 2.74. The van der Waals surface area contributed by atoms with Crippen molar-refractivity contribution in [3.8, 4) is 0 Å². The molecule has 4 N–H and O–H groups in total. The first-order chi connectivity index (χ1) is 8.47. The maximum Gasteiger partial charge on any atom is 0.330 e. The van der Waals surface area contributed by atoms with E-state index in [9.17, 15) is 19.8 Å². The summed E-state index contributed by atoms with van der Waals surface area (Å²) in [7, 11) is 0. The summed E-state index contributed by atoms with van der Waals surface area (Å²) in [5.74, 6) is 0. The van der Waals surface area contributed by atoms with Gasteiger partial charge in [-0.25, -0.2) is 9.36 Å². The van der Waals surface area contributed by atoms with E-state index >= 15 is 0 Å². The molecule has 2 rings (SSSR count). The second kappa shape index (κ2) is 5.09. The first kappa shape index (κ1) is 13.7. The Balaban J connectivity index is 2.48. The first-order valence-corrected chi connectivity index (χ1v) is 6.17. The average Bonchev–Trinajstić information content (AvgIpc) is 2.62. The normalized spacial score (nSPS) is 31.8. The number of aromatic amines is 1. The Hall–Kier alpha value is -0.750. The molecule has 1 aliphatic rings. The molecule has 18 heavy (non-hydrogen) atoms. The summed E-state index contributed by atoms with van der Waals surface area (Å²) in [6, 6.07) is 0. The zero-order chi connectivity index (χ0) is 13.4. The van der Waals surface area contributed by atoms with Crippen molar-refractivity contribution < 1.29 is 20.1 Å². The van der Waals surface area contributed by atoms with Crippen molar-refractivity contribution in [3.05, 3.63) is 30.6 Å². The molecular weight excluding hydrogens is 359 g/mol. The molecule has 1 aromatic rings. The molecule has 1 aromatic heterocycles. The van der Waals surface area contributed by atoms with Crippen LogP contribution in [0.4, 0.5) is 0 Å². The number of aromatic nitrogens is 2. The van der Waals surface area contributed by atoms with E-state index in [4.69, 9.17) is 9.84 Å². The van der Waals surface area contributed by atoms with Gasteiger partial charge in [0.1, 0.15) is 18.3 Å². The van der Waals surface area contributed by atoms with E-state index in [-0.39, 0.29) is 3.57 Å². The van der Waals surface area contributed by atoms with Crippen molar-refractivity contribution in [1.29, 1.82) is 0 Å². The Bertz CT molecular complexity index is 555. The summed E-state index contributed by atoms with van der Waals surface area (Å²) in [5, 5.41) is 28.3. The maximum absolute atomic E-state index is 11.8. The van der Waals surface area contributed by atoms with E-state index in [1.165, 1.54) is 6.20 Å². The SMILES string of the molecule is O=c1[nH]cc(I)c(=O)n1[C@@H]1O[C@H](CO)[C@@H](O)[C@@H]1O. The molecule has 100 valence electrons. The van der Waals surface area contributed by atoms with Gasteiger partial charge in [-0.05, 0) is 22.6 Å². The highest BCUT2D eigenvalue weighted by Crippen LogP contribution is 2.27. The Morgan fingerprint density at radius 2 is 2.06 bits per heavy atom. The van der Waals surface area contributed by atoms with Crippen LogP contribution in [0.15, 0.2) is 15.8 Å². The number of ether oxygens (including phenoxy) is 1. The Morgan fingerprint density at radius 3 is 2.61 bits per heavy atom. The van der Waals surface area contributed by atoms with Crippen molar-refractivity contribution in [3.63, 3.8) is 0 Å². The summed E-state index contributed by atoms with van der Waals surface area (Å²) in [5.41, 5.74) is -1.38. The highest BCUT2D eigenvalue weighted by Gasteiger charge is 2.44. The van der Waals surface area contributed by atoms with Crippen LogP contribution in [0.2, 0.25) is 0 Å². The lowest BCUT2D eigenvalue weighted by molar-refractivity contribution is -0.0566. The molecule has 0 bridgehead atoms. The van der Waals surface area contributed by atoms with E-state index in [0.29, 0.717) is 4.57 Å². The van der Waals surface area contributed by atoms with Gasteiger partial charge in [-0.1, -0.05) is 0 Å². The average molecular weight is 370 g/mol. The Kier molecular flexibility index (Phi) is 3.87. The first-order valence-electron chi connectivity index (χ1n) is 5.09. The van der Waals surface area contributed by atoms with Crippen LogP contribution >= 0.6 is 22.6 Å². The summed E-state index contributed by atoms with van der Waals surface area (Å²) < 4.78 is 6.05. The minimum atomic E-state index is -1.46. The molecule has 0 radical (unpaired) electrons. The minimum Gasteiger partial charge on any atom is -0.394 e. The largest absolute Gasteiger partial charge is 0.394 e. The van der Waals surface area contributed by atoms with E-state index in [0.717, 1.165) is 0 Å². The number of hydrogen-bond donors (Lipinski definition) is 4. The number of aliphatic hydroxyl groups excluding tert-OH is 3. The van der Waals surface area contributed by atoms with Crippen molar-refractivity contribution in [2.45, 2.75) is 24.5 Å². The predicted molar refractivity (Wildman–Crippen MR) is 67.0 cm³/mol. The quantitative estimate of drug-likeness (QED) is 0.436. The molecule has 1 saturated heterocycles. The van der Waals surface area contributed by atoms with Crippen LogP contribution in [0.5, 0.6) is 0 Å². The molecule has 2 heterocycles. The number of hydrogen-bond acceptors (Lipinski definition) is 6. The van der Waals surface area contributed by atoms with Crippen molar-refractivity contribution >= 4 is 22.6 Å². The third-order valence-corrected chi connectivity index (χ3v) is 3.51. The fourth-order valence-corrected chi connectivity index (χ4v) is 2.20. The molecule has 1 fully saturated rings. The number of aliphatic hydroxyl groups is 3. The van der Waals surface area contributed by atoms with Crippen molar-refractivity contribution in [2.75, 3.05) is 6.61 Å². The smallest absolute Gasteiger partial charge is 0.330 e. The van der Waals surface area contributed by atoms with Gasteiger partial charge in [0.25, 0.3) is 5.56 Å². The summed E-state index contributed by atoms with van der Waals surface area (Å²) >= 11 is 1.73. The lowest BCUT2D eigenvalue weighted by atomic mass is 10.1. The number of halogens is 1. The second-order valence-corrected chi connectivity index (χ2v) is 5.01. The van der Waals surface area contributed by atoms with Crippen molar-refractivity contribution in [1.82, 2.24) is 9.55 Å². The highest BCUT2D eigenvalue weighted by atomic mass is 127. The number of nitrogens with zero attached hydrogens (tertiary/aromatic N) is 1. The number of H-pyrrole nitrogens is 1. The predicted octanol–water partition coefficient (Wildman–Crippen LogP) is -2.25. The monoisotopic (exact) mass is 370 g/mol. The van der Waals surface area contributed by atoms with Gasteiger partial charge in [0, 0.05) is 6.20 Å². The van der Waals surface area contributed by atoms with Gasteiger partial charge in [-0.15, -0.1) is 0 Å². The summed E-state index contributed by atoms with van der Waals surface area (Å²) in [4.78, 5) is 25.7. The van der Waals surface area contributed by atoms with E-state index in [2.05, 4.69) is 4.98 Å². The van der Waals surface area contributed by atoms with Crippen LogP contribution in [0.3, 0.4) is 0 Å². The van der Waals surface area contributed by atoms with Gasteiger partial charge < -0.3 is 25.0 Å². The molecule has 8 nitrogen and oxygen atoms in total. The molecule has 9 heteroatoms. The molecule has 0 amide bonds. The standard InChI is InChI=1S/C9H11IN2O6/c10-3-1-11-9(17)12(7(3)16)8-6(15)5(14)4(2-13)18-8/h1,4-6,8,13-15H,2H2,(H,11,17)/t4-,5-,6+,8-/m1/s1. The van der Waals surface area contributed by atoms with Crippen LogP contribution in [0.25, 0.3) is 0 Å². The van der Waals surface area contributed by atoms with E-state index in [1.54, 1.807) is 22.6 Å². The highest BCUT2D eigenvalue weighted by molar-refractivity contribution is 14.1. The van der Waals surface area contributed by atoms with Gasteiger partial charge >= 0.3 is 5.69 Å². The van der Waals surface area contributed by atoms with Crippen LogP contribution in [0.1, 0.15) is 6.23 Å². The van der Waals surface area contributed by atoms with Gasteiger partial charge in [-0.3, -0.25) is 4.79 Å². The molecule has 4 atom stereocenters. The van der Waals surface area contributed by atoms with Crippen molar-refractivity contribution in [2.24, 2.45) is 0 Å². The molecule has 0 aromatic carbocycles. The van der Waals surface area contributed by atoms with E-state index in [1.807, 2.05) is 0 Å².